The molecule has 0 aliphatic carbocycles. The first-order chi connectivity index (χ1) is 14.5. The van der Waals surface area contributed by atoms with Crippen molar-refractivity contribution in [1.82, 2.24) is 0 Å². The third-order valence-corrected chi connectivity index (χ3v) is 4.36. The van der Waals surface area contributed by atoms with Crippen molar-refractivity contribution in [3.8, 4) is 5.75 Å². The predicted octanol–water partition coefficient (Wildman–Crippen LogP) is 3.23. The highest BCUT2D eigenvalue weighted by molar-refractivity contribution is 6.12. The molecule has 3 aromatic carbocycles. The Bertz CT molecular complexity index is 1060. The van der Waals surface area contributed by atoms with Crippen molar-refractivity contribution in [1.29, 1.82) is 0 Å². The third kappa shape index (κ3) is 5.23. The number of hydrogen-bond donors (Lipinski definition) is 3. The van der Waals surface area contributed by atoms with Gasteiger partial charge in [-0.25, -0.2) is 0 Å². The van der Waals surface area contributed by atoms with Crippen LogP contribution in [0.5, 0.6) is 5.75 Å². The Morgan fingerprint density at radius 2 is 1.50 bits per heavy atom. The monoisotopic (exact) mass is 403 g/mol. The minimum Gasteiger partial charge on any atom is -0.497 e. The zero-order valence-electron chi connectivity index (χ0n) is 16.3. The van der Waals surface area contributed by atoms with Gasteiger partial charge in [0.25, 0.3) is 11.8 Å². The summed E-state index contributed by atoms with van der Waals surface area (Å²) in [6.07, 6.45) is 0.133. The average molecular weight is 403 g/mol. The molecule has 7 nitrogen and oxygen atoms in total. The van der Waals surface area contributed by atoms with Crippen molar-refractivity contribution in [2.45, 2.75) is 6.42 Å². The molecule has 0 fully saturated rings. The van der Waals surface area contributed by atoms with E-state index < -0.39 is 5.91 Å². The molecule has 0 aliphatic heterocycles. The van der Waals surface area contributed by atoms with E-state index in [-0.39, 0.29) is 18.2 Å². The number of nitrogens with one attached hydrogen (secondary N) is 2. The molecule has 30 heavy (non-hydrogen) atoms. The van der Waals surface area contributed by atoms with Crippen LogP contribution in [0.3, 0.4) is 0 Å². The van der Waals surface area contributed by atoms with Gasteiger partial charge in [-0.1, -0.05) is 24.3 Å². The number of benzene rings is 3. The van der Waals surface area contributed by atoms with Gasteiger partial charge < -0.3 is 21.1 Å². The van der Waals surface area contributed by atoms with Crippen molar-refractivity contribution in [2.24, 2.45) is 5.73 Å². The molecule has 0 radical (unpaired) electrons. The van der Waals surface area contributed by atoms with E-state index in [2.05, 4.69) is 10.6 Å². The number of nitrogens with two attached hydrogens (primary N) is 1. The van der Waals surface area contributed by atoms with Crippen LogP contribution >= 0.6 is 0 Å². The Morgan fingerprint density at radius 3 is 2.13 bits per heavy atom. The lowest BCUT2D eigenvalue weighted by molar-refractivity contribution is -0.117. The van der Waals surface area contributed by atoms with Crippen LogP contribution in [0.4, 0.5) is 11.4 Å². The van der Waals surface area contributed by atoms with Gasteiger partial charge in [0, 0.05) is 11.3 Å². The second kappa shape index (κ2) is 9.38. The number of amides is 3. The summed E-state index contributed by atoms with van der Waals surface area (Å²) >= 11 is 0. The molecule has 0 aliphatic rings. The van der Waals surface area contributed by atoms with Crippen molar-refractivity contribution < 1.29 is 19.1 Å². The lowest BCUT2D eigenvalue weighted by Gasteiger charge is -2.12. The summed E-state index contributed by atoms with van der Waals surface area (Å²) in [6, 6.07) is 20.2. The lowest BCUT2D eigenvalue weighted by Crippen LogP contribution is -2.18. The van der Waals surface area contributed by atoms with E-state index in [9.17, 15) is 14.4 Å². The summed E-state index contributed by atoms with van der Waals surface area (Å²) in [7, 11) is 1.55. The van der Waals surface area contributed by atoms with E-state index in [1.54, 1.807) is 79.9 Å². The van der Waals surface area contributed by atoms with Gasteiger partial charge in [-0.3, -0.25) is 14.4 Å². The molecule has 0 heterocycles. The average Bonchev–Trinajstić information content (AvgIpc) is 2.75. The Kier molecular flexibility index (Phi) is 6.44. The molecule has 3 rings (SSSR count). The van der Waals surface area contributed by atoms with E-state index >= 15 is 0 Å². The number of methoxy groups -OCH3 is 1. The lowest BCUT2D eigenvalue weighted by atomic mass is 10.1. The summed E-state index contributed by atoms with van der Waals surface area (Å²) in [5.74, 6) is -0.488. The SMILES string of the molecule is COc1ccc(C(=O)Nc2ccccc2C(=O)Nc2ccc(CC(N)=O)cc2)cc1. The topological polar surface area (TPSA) is 111 Å². The second-order valence-electron chi connectivity index (χ2n) is 6.52. The highest BCUT2D eigenvalue weighted by atomic mass is 16.5. The molecule has 0 aromatic heterocycles. The maximum atomic E-state index is 12.7. The van der Waals surface area contributed by atoms with E-state index in [4.69, 9.17) is 10.5 Å². The molecule has 7 heteroatoms. The number of rotatable bonds is 7. The van der Waals surface area contributed by atoms with Gasteiger partial charge in [0.05, 0.1) is 24.8 Å². The Balaban J connectivity index is 1.72. The molecule has 0 spiro atoms. The van der Waals surface area contributed by atoms with Gasteiger partial charge in [0.2, 0.25) is 5.91 Å². The maximum absolute atomic E-state index is 12.7. The highest BCUT2D eigenvalue weighted by Gasteiger charge is 2.14. The summed E-state index contributed by atoms with van der Waals surface area (Å²) in [5.41, 5.74) is 7.65. The molecule has 4 N–H and O–H groups in total. The molecule has 3 aromatic rings. The number of carbonyl (C=O) groups excluding carboxylic acids is 3. The molecule has 0 bridgehead atoms. The number of hydrogen-bond acceptors (Lipinski definition) is 4. The summed E-state index contributed by atoms with van der Waals surface area (Å²) in [5, 5.41) is 5.55. The molecular formula is C23H21N3O4. The fourth-order valence-corrected chi connectivity index (χ4v) is 2.83. The molecule has 0 unspecified atom stereocenters. The van der Waals surface area contributed by atoms with Crippen LogP contribution in [-0.4, -0.2) is 24.8 Å². The summed E-state index contributed by atoms with van der Waals surface area (Å²) in [4.78, 5) is 36.3. The van der Waals surface area contributed by atoms with Crippen LogP contribution in [0.25, 0.3) is 0 Å². The van der Waals surface area contributed by atoms with Gasteiger partial charge in [0.15, 0.2) is 0 Å². The first kappa shape index (κ1) is 20.6. The Morgan fingerprint density at radius 1 is 0.833 bits per heavy atom. The van der Waals surface area contributed by atoms with Crippen molar-refractivity contribution >= 4 is 29.1 Å². The number of carbonyl (C=O) groups is 3. The van der Waals surface area contributed by atoms with Crippen LogP contribution < -0.4 is 21.1 Å². The summed E-state index contributed by atoms with van der Waals surface area (Å²) < 4.78 is 5.09. The predicted molar refractivity (Wildman–Crippen MR) is 115 cm³/mol. The highest BCUT2D eigenvalue weighted by Crippen LogP contribution is 2.20. The third-order valence-electron chi connectivity index (χ3n) is 4.36. The normalized spacial score (nSPS) is 10.2. The van der Waals surface area contributed by atoms with Crippen LogP contribution in [0.1, 0.15) is 26.3 Å². The van der Waals surface area contributed by atoms with Gasteiger partial charge in [-0.2, -0.15) is 0 Å². The van der Waals surface area contributed by atoms with Crippen molar-refractivity contribution in [3.63, 3.8) is 0 Å². The smallest absolute Gasteiger partial charge is 0.257 e. The van der Waals surface area contributed by atoms with Crippen LogP contribution in [0, 0.1) is 0 Å². The quantitative estimate of drug-likeness (QED) is 0.562. The van der Waals surface area contributed by atoms with Crippen molar-refractivity contribution in [2.75, 3.05) is 17.7 Å². The van der Waals surface area contributed by atoms with Gasteiger partial charge in [-0.05, 0) is 54.1 Å². The van der Waals surface area contributed by atoms with Crippen LogP contribution in [0.15, 0.2) is 72.8 Å². The van der Waals surface area contributed by atoms with Gasteiger partial charge in [-0.15, -0.1) is 0 Å². The van der Waals surface area contributed by atoms with E-state index in [1.807, 2.05) is 0 Å². The van der Waals surface area contributed by atoms with Gasteiger partial charge in [0.1, 0.15) is 5.75 Å². The van der Waals surface area contributed by atoms with Crippen molar-refractivity contribution in [3.05, 3.63) is 89.5 Å². The Hall–Kier alpha value is -4.13. The molecule has 0 atom stereocenters. The van der Waals surface area contributed by atoms with E-state index in [0.717, 1.165) is 5.56 Å². The molecule has 0 saturated carbocycles. The van der Waals surface area contributed by atoms with Gasteiger partial charge >= 0.3 is 0 Å². The van der Waals surface area contributed by atoms with E-state index in [0.29, 0.717) is 28.3 Å². The Labute approximate surface area is 173 Å². The number of anilines is 2. The summed E-state index contributed by atoms with van der Waals surface area (Å²) in [6.45, 7) is 0. The number of para-hydroxylation sites is 1. The first-order valence-electron chi connectivity index (χ1n) is 9.19. The minimum atomic E-state index is -0.423. The number of primary amides is 1. The molecule has 0 saturated heterocycles. The molecule has 152 valence electrons. The number of ether oxygens (including phenoxy) is 1. The second-order valence-corrected chi connectivity index (χ2v) is 6.52. The zero-order valence-corrected chi connectivity index (χ0v) is 16.3. The zero-order chi connectivity index (χ0) is 21.5. The largest absolute Gasteiger partial charge is 0.497 e. The fourth-order valence-electron chi connectivity index (χ4n) is 2.83. The minimum absolute atomic E-state index is 0.133. The first-order valence-corrected chi connectivity index (χ1v) is 9.19. The standard InChI is InChI=1S/C23H21N3O4/c1-30-18-12-8-16(9-13-18)22(28)26-20-5-3-2-4-19(20)23(29)25-17-10-6-15(7-11-17)14-21(24)27/h2-13H,14H2,1H3,(H2,24,27)(H,25,29)(H,26,28). The van der Waals surface area contributed by atoms with E-state index in [1.165, 1.54) is 0 Å². The van der Waals surface area contributed by atoms with Crippen LogP contribution in [0.2, 0.25) is 0 Å². The van der Waals surface area contributed by atoms with Crippen LogP contribution in [-0.2, 0) is 11.2 Å². The molecule has 3 amide bonds. The fraction of sp³-hybridized carbons (Fsp3) is 0.0870. The maximum Gasteiger partial charge on any atom is 0.257 e. The molecular weight excluding hydrogens is 382 g/mol.